The van der Waals surface area contributed by atoms with Crippen LogP contribution in [-0.2, 0) is 0 Å². The zero-order valence-electron chi connectivity index (χ0n) is 11.6. The molecule has 1 aromatic carbocycles. The van der Waals surface area contributed by atoms with Crippen LogP contribution >= 0.6 is 23.2 Å². The second-order valence-corrected chi connectivity index (χ2v) is 5.40. The average Bonchev–Trinajstić information content (AvgIpc) is 3.09. The predicted octanol–water partition coefficient (Wildman–Crippen LogP) is 2.13. The summed E-state index contributed by atoms with van der Waals surface area (Å²) in [4.78, 5) is 12.0. The van der Waals surface area contributed by atoms with Crippen LogP contribution in [0.1, 0.15) is 16.2 Å². The third-order valence-corrected chi connectivity index (χ3v) is 3.89. The molecule has 0 saturated heterocycles. The Morgan fingerprint density at radius 3 is 2.38 bits per heavy atom. The van der Waals surface area contributed by atoms with Crippen LogP contribution in [0.2, 0.25) is 10.0 Å². The molecule has 0 fully saturated rings. The van der Waals surface area contributed by atoms with E-state index in [4.69, 9.17) is 27.6 Å². The number of hydrogen-bond acceptors (Lipinski definition) is 5. The Hall–Kier alpha value is -3.02. The smallest absolute Gasteiger partial charge is 0.386 e. The van der Waals surface area contributed by atoms with Crippen molar-refractivity contribution in [3.63, 3.8) is 0 Å². The number of amides is 1. The molecule has 0 spiro atoms. The first-order valence-corrected chi connectivity index (χ1v) is 7.12. The minimum atomic E-state index is -0.791. The number of benzene rings is 1. The van der Waals surface area contributed by atoms with Crippen molar-refractivity contribution in [1.29, 1.82) is 5.26 Å². The quantitative estimate of drug-likeness (QED) is 0.551. The van der Waals surface area contributed by atoms with Gasteiger partial charge in [0.05, 0.1) is 16.3 Å². The number of nitriles is 1. The van der Waals surface area contributed by atoms with Gasteiger partial charge in [-0.1, -0.05) is 23.2 Å². The topological polar surface area (TPSA) is 120 Å². The maximum atomic E-state index is 12.5. The molecule has 120 valence electrons. The van der Waals surface area contributed by atoms with Crippen molar-refractivity contribution in [3.05, 3.63) is 62.4 Å². The van der Waals surface area contributed by atoms with Gasteiger partial charge in [-0.2, -0.15) is 10.6 Å². The highest BCUT2D eigenvalue weighted by molar-refractivity contribution is 6.42. The molecule has 0 atom stereocenters. The van der Waals surface area contributed by atoms with E-state index in [1.165, 1.54) is 30.5 Å². The molecule has 0 aliphatic rings. The molecule has 0 radical (unpaired) electrons. The standard InChI is InChI=1S/C14H6Cl2N4O4/c15-7-4-9-10(5-8(7)16)20(23)13(11(6-17)19(9)22)18-14(21)12-2-1-3-24-12/h1-5H,(H,18,21). The van der Waals surface area contributed by atoms with Gasteiger partial charge in [-0.25, -0.2) is 9.52 Å². The van der Waals surface area contributed by atoms with Crippen molar-refractivity contribution in [3.8, 4) is 6.07 Å². The molecule has 8 nitrogen and oxygen atoms in total. The fourth-order valence-corrected chi connectivity index (χ4v) is 2.39. The average molecular weight is 365 g/mol. The van der Waals surface area contributed by atoms with Gasteiger partial charge in [-0.15, -0.1) is 4.73 Å². The Morgan fingerprint density at radius 1 is 1.21 bits per heavy atom. The SMILES string of the molecule is N#Cc1c(NC(=O)c2ccco2)[n+]([O-])c2cc(Cl)c(Cl)cc2[n+]1[O-]. The van der Waals surface area contributed by atoms with E-state index in [0.717, 1.165) is 0 Å². The molecule has 24 heavy (non-hydrogen) atoms. The van der Waals surface area contributed by atoms with Crippen molar-refractivity contribution < 1.29 is 18.7 Å². The van der Waals surface area contributed by atoms with Crippen molar-refractivity contribution in [1.82, 2.24) is 0 Å². The summed E-state index contributed by atoms with van der Waals surface area (Å²) in [5, 5.41) is 36.3. The largest absolute Gasteiger partial charge is 0.710 e. The van der Waals surface area contributed by atoms with Gasteiger partial charge in [0, 0.05) is 12.1 Å². The number of nitrogens with one attached hydrogen (secondary N) is 1. The zero-order chi connectivity index (χ0) is 17.4. The van der Waals surface area contributed by atoms with Crippen LogP contribution in [0, 0.1) is 21.7 Å². The van der Waals surface area contributed by atoms with Crippen LogP contribution in [0.4, 0.5) is 5.82 Å². The highest BCUT2D eigenvalue weighted by Gasteiger charge is 2.30. The molecule has 0 aliphatic carbocycles. The van der Waals surface area contributed by atoms with E-state index in [2.05, 4.69) is 5.32 Å². The van der Waals surface area contributed by atoms with Gasteiger partial charge in [0.15, 0.2) is 6.07 Å². The van der Waals surface area contributed by atoms with Crippen LogP contribution in [-0.4, -0.2) is 5.91 Å². The van der Waals surface area contributed by atoms with E-state index in [9.17, 15) is 20.5 Å². The van der Waals surface area contributed by atoms with Crippen LogP contribution < -0.4 is 14.8 Å². The van der Waals surface area contributed by atoms with Gasteiger partial charge >= 0.3 is 17.4 Å². The van der Waals surface area contributed by atoms with Crippen molar-refractivity contribution in [2.24, 2.45) is 0 Å². The first kappa shape index (κ1) is 15.9. The number of aromatic nitrogens is 2. The molecule has 0 unspecified atom stereocenters. The Labute approximate surface area is 144 Å². The third-order valence-electron chi connectivity index (χ3n) is 3.17. The molecule has 0 bridgehead atoms. The molecular formula is C14H6Cl2N4O4. The van der Waals surface area contributed by atoms with E-state index in [1.807, 2.05) is 0 Å². The molecular weight excluding hydrogens is 359 g/mol. The first-order chi connectivity index (χ1) is 11.4. The molecule has 1 N–H and O–H groups in total. The van der Waals surface area contributed by atoms with Gasteiger partial charge in [-0.05, 0) is 12.1 Å². The van der Waals surface area contributed by atoms with E-state index in [1.54, 1.807) is 6.07 Å². The van der Waals surface area contributed by atoms with Crippen LogP contribution in [0.15, 0.2) is 34.9 Å². The molecule has 1 amide bonds. The number of fused-ring (bicyclic) bond motifs is 1. The number of halogens is 2. The second kappa shape index (κ2) is 5.88. The summed E-state index contributed by atoms with van der Waals surface area (Å²) in [7, 11) is 0. The highest BCUT2D eigenvalue weighted by Crippen LogP contribution is 2.26. The van der Waals surface area contributed by atoms with E-state index >= 15 is 0 Å². The van der Waals surface area contributed by atoms with E-state index in [0.29, 0.717) is 0 Å². The number of rotatable bonds is 2. The lowest BCUT2D eigenvalue weighted by atomic mass is 10.2. The summed E-state index contributed by atoms with van der Waals surface area (Å²) in [5.41, 5.74) is -0.920. The monoisotopic (exact) mass is 364 g/mol. The van der Waals surface area contributed by atoms with Crippen molar-refractivity contribution in [2.45, 2.75) is 0 Å². The van der Waals surface area contributed by atoms with Crippen LogP contribution in [0.3, 0.4) is 0 Å². The van der Waals surface area contributed by atoms with E-state index < -0.39 is 17.4 Å². The molecule has 0 aliphatic heterocycles. The van der Waals surface area contributed by atoms with Gasteiger partial charge in [-0.3, -0.25) is 0 Å². The lowest BCUT2D eigenvalue weighted by Crippen LogP contribution is -2.44. The summed E-state index contributed by atoms with van der Waals surface area (Å²) in [5.74, 6) is -1.43. The summed E-state index contributed by atoms with van der Waals surface area (Å²) >= 11 is 11.7. The minimum Gasteiger partial charge on any atom is -0.710 e. The summed E-state index contributed by atoms with van der Waals surface area (Å²) in [6.45, 7) is 0. The fraction of sp³-hybridized carbons (Fsp3) is 0. The lowest BCUT2D eigenvalue weighted by Gasteiger charge is -2.13. The van der Waals surface area contributed by atoms with Crippen molar-refractivity contribution >= 4 is 46.0 Å². The Kier molecular flexibility index (Phi) is 3.89. The maximum Gasteiger partial charge on any atom is 0.386 e. The van der Waals surface area contributed by atoms with Gasteiger partial charge in [0.25, 0.3) is 5.52 Å². The predicted molar refractivity (Wildman–Crippen MR) is 83.3 cm³/mol. The van der Waals surface area contributed by atoms with E-state index in [-0.39, 0.29) is 36.3 Å². The van der Waals surface area contributed by atoms with Crippen LogP contribution in [0.25, 0.3) is 11.0 Å². The van der Waals surface area contributed by atoms with Crippen molar-refractivity contribution in [2.75, 3.05) is 5.32 Å². The molecule has 2 aromatic heterocycles. The van der Waals surface area contributed by atoms with Gasteiger partial charge in [0.1, 0.15) is 0 Å². The first-order valence-electron chi connectivity index (χ1n) is 6.37. The Bertz CT molecular complexity index is 1010. The summed E-state index contributed by atoms with van der Waals surface area (Å²) in [6.07, 6.45) is 1.27. The van der Waals surface area contributed by atoms with Crippen LogP contribution in [0.5, 0.6) is 0 Å². The summed E-state index contributed by atoms with van der Waals surface area (Å²) in [6, 6.07) is 6.76. The number of anilines is 1. The number of carbonyl (C=O) groups excluding carboxylic acids is 1. The third kappa shape index (κ3) is 2.46. The highest BCUT2D eigenvalue weighted by atomic mass is 35.5. The Morgan fingerprint density at radius 2 is 1.83 bits per heavy atom. The molecule has 3 rings (SSSR count). The number of nitrogens with zero attached hydrogens (tertiary/aromatic N) is 3. The van der Waals surface area contributed by atoms with Gasteiger partial charge in [0.2, 0.25) is 11.3 Å². The molecule has 10 heteroatoms. The summed E-state index contributed by atoms with van der Waals surface area (Å²) < 4.78 is 5.33. The zero-order valence-corrected chi connectivity index (χ0v) is 13.1. The fourth-order valence-electron chi connectivity index (χ4n) is 2.07. The lowest BCUT2D eigenvalue weighted by molar-refractivity contribution is -0.620. The van der Waals surface area contributed by atoms with Gasteiger partial charge < -0.3 is 14.8 Å². The number of furan rings is 1. The minimum absolute atomic E-state index is 0.0433. The molecule has 0 saturated carbocycles. The molecule has 2 heterocycles. The number of hydrogen-bond donors (Lipinski definition) is 1. The molecule has 3 aromatic rings. The second-order valence-electron chi connectivity index (χ2n) is 4.58. The maximum absolute atomic E-state index is 12.5. The Balaban J connectivity index is 2.24. The number of carbonyl (C=O) groups is 1. The normalized spacial score (nSPS) is 10.5.